The maximum Gasteiger partial charge on any atom is 0.323 e. The molecule has 2 rings (SSSR count). The average molecular weight is 290 g/mol. The van der Waals surface area contributed by atoms with Crippen LogP contribution in [0.1, 0.15) is 33.1 Å². The summed E-state index contributed by atoms with van der Waals surface area (Å²) in [5, 5.41) is 9.23. The van der Waals surface area contributed by atoms with Gasteiger partial charge in [-0.1, -0.05) is 18.2 Å². The molecule has 1 aliphatic rings. The summed E-state index contributed by atoms with van der Waals surface area (Å²) in [5.41, 5.74) is 1.02. The fraction of sp³-hybridized carbons (Fsp3) is 0.588. The molecule has 0 aromatic heterocycles. The summed E-state index contributed by atoms with van der Waals surface area (Å²) < 4.78 is 0. The molecule has 1 aromatic rings. The third kappa shape index (κ3) is 4.46. The molecule has 1 fully saturated rings. The van der Waals surface area contributed by atoms with E-state index in [4.69, 9.17) is 0 Å². The molecule has 4 nitrogen and oxygen atoms in total. The van der Waals surface area contributed by atoms with Gasteiger partial charge in [0.15, 0.2) is 0 Å². The highest BCUT2D eigenvalue weighted by molar-refractivity contribution is 5.74. The van der Waals surface area contributed by atoms with Gasteiger partial charge >= 0.3 is 5.97 Å². The van der Waals surface area contributed by atoms with Gasteiger partial charge in [0.05, 0.1) is 0 Å². The van der Waals surface area contributed by atoms with E-state index >= 15 is 0 Å². The lowest BCUT2D eigenvalue weighted by Crippen LogP contribution is -2.40. The quantitative estimate of drug-likeness (QED) is 0.905. The van der Waals surface area contributed by atoms with Crippen molar-refractivity contribution in [1.82, 2.24) is 4.90 Å². The number of aliphatic carboxylic acids is 1. The topological polar surface area (TPSA) is 43.8 Å². The minimum atomic E-state index is -0.760. The van der Waals surface area contributed by atoms with Crippen LogP contribution in [-0.4, -0.2) is 47.7 Å². The predicted molar refractivity (Wildman–Crippen MR) is 85.8 cm³/mol. The van der Waals surface area contributed by atoms with E-state index in [-0.39, 0.29) is 6.54 Å². The SMILES string of the molecule is CC(C)N1CCCC(N(CC(=O)O)c2ccccc2)CC1. The smallest absolute Gasteiger partial charge is 0.323 e. The van der Waals surface area contributed by atoms with Crippen molar-refractivity contribution >= 4 is 11.7 Å². The zero-order valence-corrected chi connectivity index (χ0v) is 13.0. The van der Waals surface area contributed by atoms with Gasteiger partial charge in [0.25, 0.3) is 0 Å². The Morgan fingerprint density at radius 1 is 1.29 bits per heavy atom. The van der Waals surface area contributed by atoms with Crippen LogP contribution in [0, 0.1) is 0 Å². The number of anilines is 1. The number of likely N-dealkylation sites (tertiary alicyclic amines) is 1. The molecule has 0 saturated carbocycles. The number of hydrogen-bond acceptors (Lipinski definition) is 3. The summed E-state index contributed by atoms with van der Waals surface area (Å²) in [6.07, 6.45) is 3.22. The van der Waals surface area contributed by atoms with Gasteiger partial charge in [-0.15, -0.1) is 0 Å². The van der Waals surface area contributed by atoms with Gasteiger partial charge in [-0.05, 0) is 51.8 Å². The van der Waals surface area contributed by atoms with Crippen molar-refractivity contribution < 1.29 is 9.90 Å². The van der Waals surface area contributed by atoms with Crippen LogP contribution in [0.4, 0.5) is 5.69 Å². The molecule has 1 unspecified atom stereocenters. The number of carboxylic acids is 1. The Kier molecular flexibility index (Phi) is 5.62. The van der Waals surface area contributed by atoms with E-state index in [9.17, 15) is 9.90 Å². The second-order valence-electron chi connectivity index (χ2n) is 6.07. The largest absolute Gasteiger partial charge is 0.480 e. The fourth-order valence-electron chi connectivity index (χ4n) is 3.13. The van der Waals surface area contributed by atoms with Crippen LogP contribution in [-0.2, 0) is 4.79 Å². The summed E-state index contributed by atoms with van der Waals surface area (Å²) in [4.78, 5) is 15.8. The summed E-state index contributed by atoms with van der Waals surface area (Å²) in [7, 11) is 0. The van der Waals surface area contributed by atoms with Crippen LogP contribution in [0.2, 0.25) is 0 Å². The Balaban J connectivity index is 2.12. The van der Waals surface area contributed by atoms with E-state index < -0.39 is 5.97 Å². The van der Waals surface area contributed by atoms with Gasteiger partial charge in [0.2, 0.25) is 0 Å². The van der Waals surface area contributed by atoms with Crippen LogP contribution in [0.3, 0.4) is 0 Å². The van der Waals surface area contributed by atoms with Gasteiger partial charge in [-0.3, -0.25) is 4.79 Å². The normalized spacial score (nSPS) is 20.2. The first kappa shape index (κ1) is 15.8. The Labute approximate surface area is 127 Å². The van der Waals surface area contributed by atoms with Crippen molar-refractivity contribution in [2.75, 3.05) is 24.5 Å². The molecule has 0 spiro atoms. The Hall–Kier alpha value is -1.55. The lowest BCUT2D eigenvalue weighted by atomic mass is 10.1. The number of nitrogens with zero attached hydrogens (tertiary/aromatic N) is 2. The van der Waals surface area contributed by atoms with Crippen molar-refractivity contribution in [1.29, 1.82) is 0 Å². The second kappa shape index (κ2) is 7.46. The molecule has 1 saturated heterocycles. The Morgan fingerprint density at radius 3 is 2.62 bits per heavy atom. The molecular formula is C17H26N2O2. The van der Waals surface area contributed by atoms with Gasteiger partial charge < -0.3 is 14.9 Å². The highest BCUT2D eigenvalue weighted by atomic mass is 16.4. The fourth-order valence-corrected chi connectivity index (χ4v) is 3.13. The minimum absolute atomic E-state index is 0.0797. The van der Waals surface area contributed by atoms with Crippen LogP contribution >= 0.6 is 0 Å². The molecule has 0 radical (unpaired) electrons. The maximum atomic E-state index is 11.2. The van der Waals surface area contributed by atoms with Crippen molar-refractivity contribution in [2.24, 2.45) is 0 Å². The molecule has 1 N–H and O–H groups in total. The zero-order valence-electron chi connectivity index (χ0n) is 13.0. The van der Waals surface area contributed by atoms with E-state index in [1.807, 2.05) is 30.3 Å². The number of rotatable bonds is 5. The molecule has 1 atom stereocenters. The molecule has 1 aromatic carbocycles. The summed E-state index contributed by atoms with van der Waals surface area (Å²) in [6.45, 7) is 6.70. The molecule has 0 aliphatic carbocycles. The van der Waals surface area contributed by atoms with Crippen LogP contribution in [0.5, 0.6) is 0 Å². The first-order valence-corrected chi connectivity index (χ1v) is 7.85. The number of hydrogen-bond donors (Lipinski definition) is 1. The van der Waals surface area contributed by atoms with Crippen LogP contribution in [0.15, 0.2) is 30.3 Å². The van der Waals surface area contributed by atoms with Crippen molar-refractivity contribution in [2.45, 2.75) is 45.2 Å². The molecule has 0 amide bonds. The lowest BCUT2D eigenvalue weighted by molar-refractivity contribution is -0.135. The van der Waals surface area contributed by atoms with E-state index in [0.717, 1.165) is 38.0 Å². The van der Waals surface area contributed by atoms with E-state index in [1.54, 1.807) is 0 Å². The van der Waals surface area contributed by atoms with Gasteiger partial charge in [0.1, 0.15) is 6.54 Å². The van der Waals surface area contributed by atoms with Gasteiger partial charge in [-0.2, -0.15) is 0 Å². The summed E-state index contributed by atoms with van der Waals surface area (Å²) >= 11 is 0. The van der Waals surface area contributed by atoms with Crippen LogP contribution in [0.25, 0.3) is 0 Å². The standard InChI is InChI=1S/C17H26N2O2/c1-14(2)18-11-6-9-16(10-12-18)19(13-17(20)21)15-7-4-3-5-8-15/h3-5,7-8,14,16H,6,9-13H2,1-2H3,(H,20,21). The number of para-hydroxylation sites is 1. The number of benzene rings is 1. The van der Waals surface area contributed by atoms with Crippen LogP contribution < -0.4 is 4.90 Å². The zero-order chi connectivity index (χ0) is 15.2. The van der Waals surface area contributed by atoms with Gasteiger partial charge in [-0.25, -0.2) is 0 Å². The molecule has 1 aliphatic heterocycles. The van der Waals surface area contributed by atoms with Crippen molar-refractivity contribution in [3.05, 3.63) is 30.3 Å². The van der Waals surface area contributed by atoms with E-state index in [2.05, 4.69) is 23.6 Å². The lowest BCUT2D eigenvalue weighted by Gasteiger charge is -2.32. The first-order valence-electron chi connectivity index (χ1n) is 7.85. The average Bonchev–Trinajstić information content (AvgIpc) is 2.71. The number of carbonyl (C=O) groups is 1. The van der Waals surface area contributed by atoms with E-state index in [0.29, 0.717) is 12.1 Å². The Morgan fingerprint density at radius 2 is 2.00 bits per heavy atom. The predicted octanol–water partition coefficient (Wildman–Crippen LogP) is 2.84. The minimum Gasteiger partial charge on any atom is -0.480 e. The first-order chi connectivity index (χ1) is 10.1. The molecule has 116 valence electrons. The highest BCUT2D eigenvalue weighted by Crippen LogP contribution is 2.24. The molecule has 1 heterocycles. The summed E-state index contributed by atoms with van der Waals surface area (Å²) in [6, 6.07) is 10.8. The van der Waals surface area contributed by atoms with Crippen molar-refractivity contribution in [3.63, 3.8) is 0 Å². The number of carboxylic acid groups (broad SMARTS) is 1. The molecule has 21 heavy (non-hydrogen) atoms. The molecule has 4 heteroatoms. The third-order valence-electron chi connectivity index (χ3n) is 4.30. The second-order valence-corrected chi connectivity index (χ2v) is 6.07. The third-order valence-corrected chi connectivity index (χ3v) is 4.30. The van der Waals surface area contributed by atoms with Gasteiger partial charge in [0, 0.05) is 24.3 Å². The molecular weight excluding hydrogens is 264 g/mol. The maximum absolute atomic E-state index is 11.2. The van der Waals surface area contributed by atoms with Crippen molar-refractivity contribution in [3.8, 4) is 0 Å². The summed E-state index contributed by atoms with van der Waals surface area (Å²) in [5.74, 6) is -0.760. The Bertz CT molecular complexity index is 447. The molecule has 0 bridgehead atoms. The van der Waals surface area contributed by atoms with E-state index in [1.165, 1.54) is 0 Å². The highest BCUT2D eigenvalue weighted by Gasteiger charge is 2.25. The monoisotopic (exact) mass is 290 g/mol.